The summed E-state index contributed by atoms with van der Waals surface area (Å²) in [6.45, 7) is 0. The highest BCUT2D eigenvalue weighted by Gasteiger charge is 2.34. The van der Waals surface area contributed by atoms with Gasteiger partial charge in [-0.2, -0.15) is 0 Å². The maximum atomic E-state index is 12.8. The summed E-state index contributed by atoms with van der Waals surface area (Å²) in [6, 6.07) is 8.99. The summed E-state index contributed by atoms with van der Waals surface area (Å²) < 4.78 is 0.459. The fourth-order valence-electron chi connectivity index (χ4n) is 2.32. The molecule has 0 unspecified atom stereocenters. The van der Waals surface area contributed by atoms with Crippen molar-refractivity contribution in [3.05, 3.63) is 56.1 Å². The van der Waals surface area contributed by atoms with Crippen molar-refractivity contribution in [1.29, 1.82) is 0 Å². The van der Waals surface area contributed by atoms with Crippen molar-refractivity contribution in [1.82, 2.24) is 5.32 Å². The molecule has 26 heavy (non-hydrogen) atoms. The molecule has 2 aromatic rings. The Morgan fingerprint density at radius 1 is 1.12 bits per heavy atom. The molecule has 6 nitrogen and oxygen atoms in total. The summed E-state index contributed by atoms with van der Waals surface area (Å²) in [5.74, 6) is -1.67. The van der Waals surface area contributed by atoms with Gasteiger partial charge in [-0.15, -0.1) is 0 Å². The predicted molar refractivity (Wildman–Crippen MR) is 110 cm³/mol. The van der Waals surface area contributed by atoms with E-state index in [4.69, 9.17) is 23.8 Å². The van der Waals surface area contributed by atoms with E-state index in [0.717, 1.165) is 6.07 Å². The number of phenolic OH excluding ortho intramolecular Hbond substituents is 2. The topological polar surface area (TPSA) is 89.9 Å². The van der Waals surface area contributed by atoms with Crippen LogP contribution in [0.15, 0.2) is 42.0 Å². The van der Waals surface area contributed by atoms with Crippen molar-refractivity contribution >= 4 is 75.1 Å². The molecule has 2 aromatic carbocycles. The molecule has 3 N–H and O–H groups in total. The number of hydrogen-bond donors (Lipinski definition) is 3. The highest BCUT2D eigenvalue weighted by atomic mass is 127. The Balaban J connectivity index is 2.05. The van der Waals surface area contributed by atoms with Crippen LogP contribution in [0, 0.1) is 3.57 Å². The van der Waals surface area contributed by atoms with Crippen LogP contribution < -0.4 is 10.2 Å². The van der Waals surface area contributed by atoms with E-state index in [-0.39, 0.29) is 27.7 Å². The Hall–Kier alpha value is -2.17. The number of halogens is 2. The number of hydrogen-bond acceptors (Lipinski definition) is 5. The maximum absolute atomic E-state index is 12.8. The van der Waals surface area contributed by atoms with Crippen LogP contribution in [-0.2, 0) is 9.59 Å². The van der Waals surface area contributed by atoms with E-state index in [9.17, 15) is 19.8 Å². The van der Waals surface area contributed by atoms with Gasteiger partial charge in [0.2, 0.25) is 0 Å². The van der Waals surface area contributed by atoms with Crippen LogP contribution in [0.4, 0.5) is 5.69 Å². The summed E-state index contributed by atoms with van der Waals surface area (Å²) >= 11 is 12.8. The first-order chi connectivity index (χ1) is 12.3. The number of nitrogens with one attached hydrogen (secondary N) is 1. The maximum Gasteiger partial charge on any atom is 0.270 e. The molecule has 0 saturated carbocycles. The van der Waals surface area contributed by atoms with Crippen molar-refractivity contribution in [2.45, 2.75) is 0 Å². The Kier molecular flexibility index (Phi) is 5.17. The largest absolute Gasteiger partial charge is 0.507 e. The molecule has 1 aliphatic rings. The summed E-state index contributed by atoms with van der Waals surface area (Å²) in [4.78, 5) is 26.3. The van der Waals surface area contributed by atoms with Gasteiger partial charge in [-0.1, -0.05) is 11.6 Å². The number of aromatic hydroxyl groups is 2. The number of amides is 2. The Morgan fingerprint density at radius 2 is 1.77 bits per heavy atom. The molecule has 0 atom stereocenters. The smallest absolute Gasteiger partial charge is 0.270 e. The zero-order valence-electron chi connectivity index (χ0n) is 12.9. The first kappa shape index (κ1) is 18.6. The average Bonchev–Trinajstić information content (AvgIpc) is 2.57. The van der Waals surface area contributed by atoms with Crippen LogP contribution in [0.2, 0.25) is 5.02 Å². The fourth-order valence-corrected chi connectivity index (χ4v) is 3.22. The summed E-state index contributed by atoms with van der Waals surface area (Å²) in [5.41, 5.74) is 0.458. The SMILES string of the molecule is O=C1NC(=S)N(c2ccc(Cl)cc2)C(=O)/C1=C/c1cc(I)c(O)cc1O. The van der Waals surface area contributed by atoms with E-state index < -0.39 is 11.8 Å². The Labute approximate surface area is 172 Å². The van der Waals surface area contributed by atoms with E-state index in [1.54, 1.807) is 24.3 Å². The molecule has 0 aromatic heterocycles. The third-order valence-electron chi connectivity index (χ3n) is 3.58. The molecule has 1 saturated heterocycles. The fraction of sp³-hybridized carbons (Fsp3) is 0. The van der Waals surface area contributed by atoms with Gasteiger partial charge >= 0.3 is 0 Å². The number of carbonyl (C=O) groups excluding carboxylic acids is 2. The normalized spacial score (nSPS) is 16.2. The third-order valence-corrected chi connectivity index (χ3v) is 4.98. The lowest BCUT2D eigenvalue weighted by molar-refractivity contribution is -0.122. The number of nitrogens with zero attached hydrogens (tertiary/aromatic N) is 1. The molecule has 1 fully saturated rings. The number of carbonyl (C=O) groups is 2. The van der Waals surface area contributed by atoms with Crippen LogP contribution in [0.25, 0.3) is 6.08 Å². The predicted octanol–water partition coefficient (Wildman–Crippen LogP) is 3.19. The van der Waals surface area contributed by atoms with Gasteiger partial charge in [-0.3, -0.25) is 19.8 Å². The van der Waals surface area contributed by atoms with Gasteiger partial charge in [0.05, 0.1) is 9.26 Å². The van der Waals surface area contributed by atoms with E-state index >= 15 is 0 Å². The Bertz CT molecular complexity index is 975. The van der Waals surface area contributed by atoms with Crippen LogP contribution in [0.5, 0.6) is 11.5 Å². The molecule has 0 radical (unpaired) electrons. The molecule has 132 valence electrons. The molecule has 9 heteroatoms. The minimum Gasteiger partial charge on any atom is -0.507 e. The van der Waals surface area contributed by atoms with Crippen molar-refractivity contribution in [2.75, 3.05) is 4.90 Å². The van der Waals surface area contributed by atoms with Gasteiger partial charge in [0.15, 0.2) is 5.11 Å². The first-order valence-corrected chi connectivity index (χ1v) is 9.03. The van der Waals surface area contributed by atoms with Crippen molar-refractivity contribution in [2.24, 2.45) is 0 Å². The second-order valence-electron chi connectivity index (χ2n) is 5.30. The van der Waals surface area contributed by atoms with E-state index in [1.165, 1.54) is 17.0 Å². The van der Waals surface area contributed by atoms with Gasteiger partial charge in [-0.05, 0) is 71.2 Å². The lowest BCUT2D eigenvalue weighted by Crippen LogP contribution is -2.54. The molecule has 3 rings (SSSR count). The number of rotatable bonds is 2. The molecule has 0 spiro atoms. The monoisotopic (exact) mass is 500 g/mol. The van der Waals surface area contributed by atoms with Crippen LogP contribution >= 0.6 is 46.4 Å². The minimum absolute atomic E-state index is 0.0519. The third kappa shape index (κ3) is 3.53. The summed E-state index contributed by atoms with van der Waals surface area (Å²) in [5, 5.41) is 22.5. The molecule has 2 amide bonds. The second kappa shape index (κ2) is 7.22. The minimum atomic E-state index is -0.673. The highest BCUT2D eigenvalue weighted by molar-refractivity contribution is 14.1. The van der Waals surface area contributed by atoms with Gasteiger partial charge in [0.1, 0.15) is 17.1 Å². The van der Waals surface area contributed by atoms with Crippen LogP contribution in [0.1, 0.15) is 5.56 Å². The van der Waals surface area contributed by atoms with Crippen molar-refractivity contribution in [3.8, 4) is 11.5 Å². The molecule has 1 heterocycles. The molecular weight excluding hydrogens is 491 g/mol. The number of benzene rings is 2. The summed E-state index contributed by atoms with van der Waals surface area (Å²) in [6.07, 6.45) is 1.25. The first-order valence-electron chi connectivity index (χ1n) is 7.16. The van der Waals surface area contributed by atoms with Gasteiger partial charge < -0.3 is 10.2 Å². The number of thiocarbonyl (C=S) groups is 1. The lowest BCUT2D eigenvalue weighted by atomic mass is 10.1. The highest BCUT2D eigenvalue weighted by Crippen LogP contribution is 2.31. The lowest BCUT2D eigenvalue weighted by Gasteiger charge is -2.29. The molecule has 1 aliphatic heterocycles. The quantitative estimate of drug-likeness (QED) is 0.255. The van der Waals surface area contributed by atoms with E-state index in [0.29, 0.717) is 14.3 Å². The Morgan fingerprint density at radius 3 is 2.42 bits per heavy atom. The molecule has 0 aliphatic carbocycles. The van der Waals surface area contributed by atoms with Crippen molar-refractivity contribution in [3.63, 3.8) is 0 Å². The molecule has 0 bridgehead atoms. The summed E-state index contributed by atoms with van der Waals surface area (Å²) in [7, 11) is 0. The van der Waals surface area contributed by atoms with Gasteiger partial charge in [0, 0.05) is 16.7 Å². The van der Waals surface area contributed by atoms with Crippen LogP contribution in [0.3, 0.4) is 0 Å². The molecular formula is C17H10ClIN2O4S. The van der Waals surface area contributed by atoms with Crippen LogP contribution in [-0.4, -0.2) is 27.1 Å². The zero-order chi connectivity index (χ0) is 19.0. The zero-order valence-corrected chi connectivity index (χ0v) is 16.6. The van der Waals surface area contributed by atoms with E-state index in [1.807, 2.05) is 22.6 Å². The number of phenols is 2. The number of anilines is 1. The average molecular weight is 501 g/mol. The van der Waals surface area contributed by atoms with Crippen molar-refractivity contribution < 1.29 is 19.8 Å². The standard InChI is InChI=1S/C17H10ClIN2O4S/c18-9-1-3-10(4-2-9)21-16(25)11(15(24)20-17(21)26)5-8-6-12(19)14(23)7-13(8)22/h1-7,22-23H,(H,20,24,26)/b11-5+. The van der Waals surface area contributed by atoms with Gasteiger partial charge in [0.25, 0.3) is 11.8 Å². The van der Waals surface area contributed by atoms with E-state index in [2.05, 4.69) is 5.32 Å². The second-order valence-corrected chi connectivity index (χ2v) is 7.28. The van der Waals surface area contributed by atoms with Gasteiger partial charge in [-0.25, -0.2) is 0 Å².